The Hall–Kier alpha value is -4.15. The number of amides is 2. The van der Waals surface area contributed by atoms with E-state index in [1.807, 2.05) is 0 Å². The SMILES string of the molecule is O=C(Oc1c2n(ncc1=O)[C@@H]([C@H](c1cccc(F)c1)c1cccc(F)c1F)[C@H]1CCCN1C2=O)N1CCCCC1. The molecule has 0 spiro atoms. The highest BCUT2D eigenvalue weighted by atomic mass is 19.2. The molecular weight excluding hydrogens is 525 g/mol. The Bertz CT molecular complexity index is 1540. The van der Waals surface area contributed by atoms with Crippen molar-refractivity contribution in [2.45, 2.75) is 50.1 Å². The van der Waals surface area contributed by atoms with Gasteiger partial charge in [-0.1, -0.05) is 24.3 Å². The van der Waals surface area contributed by atoms with E-state index >= 15 is 4.39 Å². The summed E-state index contributed by atoms with van der Waals surface area (Å²) >= 11 is 0. The van der Waals surface area contributed by atoms with Crippen molar-refractivity contribution in [3.63, 3.8) is 0 Å². The number of hydrogen-bond acceptors (Lipinski definition) is 5. The number of hydrogen-bond donors (Lipinski definition) is 0. The quantitative estimate of drug-likeness (QED) is 0.471. The average Bonchev–Trinajstić information content (AvgIpc) is 3.45. The van der Waals surface area contributed by atoms with Crippen molar-refractivity contribution in [1.82, 2.24) is 19.6 Å². The zero-order valence-corrected chi connectivity index (χ0v) is 21.6. The molecule has 1 aromatic heterocycles. The molecule has 11 heteroatoms. The van der Waals surface area contributed by atoms with Crippen LogP contribution in [0.3, 0.4) is 0 Å². The van der Waals surface area contributed by atoms with Crippen molar-refractivity contribution >= 4 is 12.0 Å². The number of benzene rings is 2. The number of piperidine rings is 1. The monoisotopic (exact) mass is 552 g/mol. The predicted molar refractivity (Wildman–Crippen MR) is 138 cm³/mol. The van der Waals surface area contributed by atoms with E-state index in [-0.39, 0.29) is 11.3 Å². The van der Waals surface area contributed by atoms with Crippen molar-refractivity contribution in [2.24, 2.45) is 0 Å². The van der Waals surface area contributed by atoms with Gasteiger partial charge in [0, 0.05) is 31.1 Å². The summed E-state index contributed by atoms with van der Waals surface area (Å²) in [5.74, 6) is -4.73. The maximum Gasteiger partial charge on any atom is 0.415 e. The lowest BCUT2D eigenvalue weighted by molar-refractivity contribution is 0.0562. The van der Waals surface area contributed by atoms with Gasteiger partial charge >= 0.3 is 6.09 Å². The van der Waals surface area contributed by atoms with Gasteiger partial charge < -0.3 is 14.5 Å². The lowest BCUT2D eigenvalue weighted by Gasteiger charge is -2.42. The summed E-state index contributed by atoms with van der Waals surface area (Å²) in [5.41, 5.74) is -0.691. The van der Waals surface area contributed by atoms with Gasteiger partial charge in [0.15, 0.2) is 17.3 Å². The molecule has 3 aromatic rings. The van der Waals surface area contributed by atoms with Crippen molar-refractivity contribution < 1.29 is 27.5 Å². The Labute approximate surface area is 228 Å². The fourth-order valence-electron chi connectivity index (χ4n) is 6.28. The molecule has 0 saturated carbocycles. The van der Waals surface area contributed by atoms with Gasteiger partial charge in [-0.25, -0.2) is 22.6 Å². The highest BCUT2D eigenvalue weighted by Crippen LogP contribution is 2.46. The minimum atomic E-state index is -1.10. The zero-order chi connectivity index (χ0) is 28.0. The standard InChI is InChI=1S/C29H27F3N4O4/c30-18-8-4-7-17(15-18)23(19-9-5-10-20(31)24(19)32)25-21-11-6-14-35(21)28(38)26-27(22(37)16-33-36(25)26)40-29(39)34-12-2-1-3-13-34/h4-5,7-10,15-16,21,23,25H,1-3,6,11-14H2/t21-,23-,25-/m1/s1. The van der Waals surface area contributed by atoms with Crippen LogP contribution in [0.1, 0.15) is 65.7 Å². The maximum atomic E-state index is 15.4. The Balaban J connectivity index is 1.54. The molecule has 0 bridgehead atoms. The normalized spacial score (nSPS) is 21.1. The van der Waals surface area contributed by atoms with Crippen molar-refractivity contribution in [3.05, 3.63) is 93.2 Å². The van der Waals surface area contributed by atoms with Gasteiger partial charge in [0.05, 0.1) is 18.3 Å². The van der Waals surface area contributed by atoms with E-state index in [9.17, 15) is 23.2 Å². The van der Waals surface area contributed by atoms with E-state index in [1.165, 1.54) is 39.9 Å². The van der Waals surface area contributed by atoms with Crippen LogP contribution in [0.25, 0.3) is 0 Å². The van der Waals surface area contributed by atoms with Crippen LogP contribution in [0.4, 0.5) is 18.0 Å². The highest BCUT2D eigenvalue weighted by molar-refractivity contribution is 5.97. The number of halogens is 3. The fourth-order valence-corrected chi connectivity index (χ4v) is 6.28. The number of carbonyl (C=O) groups excluding carboxylic acids is 2. The van der Waals surface area contributed by atoms with Crippen LogP contribution >= 0.6 is 0 Å². The summed E-state index contributed by atoms with van der Waals surface area (Å²) in [6.07, 6.45) is 3.94. The first kappa shape index (κ1) is 26.1. The predicted octanol–water partition coefficient (Wildman–Crippen LogP) is 4.64. The zero-order valence-electron chi connectivity index (χ0n) is 21.6. The van der Waals surface area contributed by atoms with Crippen molar-refractivity contribution in [1.29, 1.82) is 0 Å². The van der Waals surface area contributed by atoms with Gasteiger partial charge in [-0.15, -0.1) is 0 Å². The largest absolute Gasteiger partial charge is 0.415 e. The molecular formula is C29H27F3N4O4. The second kappa shape index (κ2) is 10.4. The Morgan fingerprint density at radius 2 is 1.75 bits per heavy atom. The molecule has 0 unspecified atom stereocenters. The molecule has 2 aromatic carbocycles. The molecule has 40 heavy (non-hydrogen) atoms. The van der Waals surface area contributed by atoms with Crippen molar-refractivity contribution in [2.75, 3.05) is 19.6 Å². The summed E-state index contributed by atoms with van der Waals surface area (Å²) in [4.78, 5) is 42.8. The summed E-state index contributed by atoms with van der Waals surface area (Å²) in [7, 11) is 0. The molecule has 0 aliphatic carbocycles. The topological polar surface area (TPSA) is 84.7 Å². The fraction of sp³-hybridized carbons (Fsp3) is 0.379. The maximum absolute atomic E-state index is 15.4. The summed E-state index contributed by atoms with van der Waals surface area (Å²) < 4.78 is 51.3. The molecule has 2 fully saturated rings. The Kier molecular flexibility index (Phi) is 6.81. The van der Waals surface area contributed by atoms with Gasteiger partial charge in [0.2, 0.25) is 11.2 Å². The summed E-state index contributed by atoms with van der Waals surface area (Å²) in [5, 5.41) is 4.28. The molecule has 0 radical (unpaired) electrons. The van der Waals surface area contributed by atoms with Gasteiger partial charge in [-0.3, -0.25) is 9.59 Å². The van der Waals surface area contributed by atoms with Crippen LogP contribution in [0, 0.1) is 17.5 Å². The molecule has 4 heterocycles. The third-order valence-electron chi connectivity index (χ3n) is 8.08. The molecule has 3 aliphatic rings. The number of ether oxygens (including phenoxy) is 1. The number of rotatable bonds is 4. The van der Waals surface area contributed by atoms with Crippen LogP contribution in [0.2, 0.25) is 0 Å². The van der Waals surface area contributed by atoms with E-state index in [2.05, 4.69) is 5.10 Å². The number of carbonyl (C=O) groups is 2. The first-order valence-corrected chi connectivity index (χ1v) is 13.4. The molecule has 6 rings (SSSR count). The third-order valence-corrected chi connectivity index (χ3v) is 8.08. The second-order valence-corrected chi connectivity index (χ2v) is 10.4. The van der Waals surface area contributed by atoms with E-state index in [1.54, 1.807) is 11.0 Å². The number of likely N-dealkylation sites (tertiary alicyclic amines) is 1. The molecule has 2 amide bonds. The molecule has 8 nitrogen and oxygen atoms in total. The molecule has 3 atom stereocenters. The molecule has 0 N–H and O–H groups in total. The van der Waals surface area contributed by atoms with Gasteiger partial charge in [0.25, 0.3) is 5.91 Å². The lowest BCUT2D eigenvalue weighted by atomic mass is 9.79. The molecule has 2 saturated heterocycles. The second-order valence-electron chi connectivity index (χ2n) is 10.4. The minimum Gasteiger partial charge on any atom is -0.403 e. The molecule has 208 valence electrons. The van der Waals surface area contributed by atoms with E-state index in [0.29, 0.717) is 38.0 Å². The molecule has 3 aliphatic heterocycles. The number of aromatic nitrogens is 2. The smallest absolute Gasteiger partial charge is 0.403 e. The van der Waals surface area contributed by atoms with E-state index in [4.69, 9.17) is 4.74 Å². The first-order chi connectivity index (χ1) is 19.3. The van der Waals surface area contributed by atoms with Crippen LogP contribution < -0.4 is 10.2 Å². The van der Waals surface area contributed by atoms with Crippen LogP contribution in [0.5, 0.6) is 5.75 Å². The van der Waals surface area contributed by atoms with Crippen molar-refractivity contribution in [3.8, 4) is 5.75 Å². The first-order valence-electron chi connectivity index (χ1n) is 13.4. The van der Waals surface area contributed by atoms with Gasteiger partial charge in [0.1, 0.15) is 5.82 Å². The van der Waals surface area contributed by atoms with Crippen LogP contribution in [-0.4, -0.2) is 57.3 Å². The summed E-state index contributed by atoms with van der Waals surface area (Å²) in [6.45, 7) is 1.29. The van der Waals surface area contributed by atoms with Gasteiger partial charge in [-0.05, 0) is 55.9 Å². The highest BCUT2D eigenvalue weighted by Gasteiger charge is 2.49. The Morgan fingerprint density at radius 3 is 2.52 bits per heavy atom. The minimum absolute atomic E-state index is 0.0462. The van der Waals surface area contributed by atoms with E-state index < -0.39 is 58.6 Å². The third kappa shape index (κ3) is 4.43. The van der Waals surface area contributed by atoms with E-state index in [0.717, 1.165) is 31.5 Å². The average molecular weight is 553 g/mol. The summed E-state index contributed by atoms with van der Waals surface area (Å²) in [6, 6.07) is 7.97. The van der Waals surface area contributed by atoms with Crippen LogP contribution in [-0.2, 0) is 0 Å². The van der Waals surface area contributed by atoms with Gasteiger partial charge in [-0.2, -0.15) is 5.10 Å². The van der Waals surface area contributed by atoms with Crippen LogP contribution in [0.15, 0.2) is 53.5 Å². The lowest BCUT2D eigenvalue weighted by Crippen LogP contribution is -2.51. The Morgan fingerprint density at radius 1 is 0.975 bits per heavy atom. The number of nitrogens with zero attached hydrogens (tertiary/aromatic N) is 4. The number of fused-ring (bicyclic) bond motifs is 2.